The highest BCUT2D eigenvalue weighted by Gasteiger charge is 2.24. The first-order valence-electron chi connectivity index (χ1n) is 4.76. The molecule has 0 aliphatic carbocycles. The molecule has 1 rings (SSSR count). The van der Waals surface area contributed by atoms with Crippen LogP contribution in [0, 0.1) is 0 Å². The molecule has 14 heavy (non-hydrogen) atoms. The van der Waals surface area contributed by atoms with E-state index in [1.807, 2.05) is 6.07 Å². The summed E-state index contributed by atoms with van der Waals surface area (Å²) < 4.78 is 0. The van der Waals surface area contributed by atoms with Crippen LogP contribution in [-0.2, 0) is 0 Å². The molecule has 0 heterocycles. The molecule has 0 aliphatic heterocycles. The lowest BCUT2D eigenvalue weighted by molar-refractivity contribution is -0.0614. The second-order valence-electron chi connectivity index (χ2n) is 3.32. The topological polar surface area (TPSA) is 60.7 Å². The van der Waals surface area contributed by atoms with Gasteiger partial charge < -0.3 is 15.3 Å². The molecule has 3 atom stereocenters. The molecule has 0 aliphatic rings. The molecule has 0 radical (unpaired) electrons. The molecule has 3 unspecified atom stereocenters. The van der Waals surface area contributed by atoms with E-state index in [1.54, 1.807) is 31.2 Å². The van der Waals surface area contributed by atoms with Gasteiger partial charge in [0.2, 0.25) is 0 Å². The molecular weight excluding hydrogens is 180 g/mol. The summed E-state index contributed by atoms with van der Waals surface area (Å²) in [5.74, 6) is 0. The van der Waals surface area contributed by atoms with E-state index in [0.29, 0.717) is 12.0 Å². The van der Waals surface area contributed by atoms with Crippen LogP contribution < -0.4 is 0 Å². The lowest BCUT2D eigenvalue weighted by Gasteiger charge is -2.22. The van der Waals surface area contributed by atoms with E-state index in [0.717, 1.165) is 0 Å². The van der Waals surface area contributed by atoms with E-state index in [1.165, 1.54) is 0 Å². The maximum atomic E-state index is 9.68. The molecule has 0 amide bonds. The smallest absolute Gasteiger partial charge is 0.110 e. The first-order chi connectivity index (χ1) is 6.66. The molecule has 0 spiro atoms. The van der Waals surface area contributed by atoms with E-state index in [-0.39, 0.29) is 0 Å². The Hall–Kier alpha value is -0.900. The van der Waals surface area contributed by atoms with Gasteiger partial charge in [0.15, 0.2) is 0 Å². The maximum Gasteiger partial charge on any atom is 0.110 e. The van der Waals surface area contributed by atoms with Crippen molar-refractivity contribution in [2.45, 2.75) is 31.7 Å². The van der Waals surface area contributed by atoms with Crippen LogP contribution >= 0.6 is 0 Å². The molecule has 78 valence electrons. The number of rotatable bonds is 4. The SMILES string of the molecule is CCC(O)C(O)C(O)c1ccccc1. The normalized spacial score (nSPS) is 17.4. The number of aliphatic hydroxyl groups excluding tert-OH is 3. The van der Waals surface area contributed by atoms with Gasteiger partial charge >= 0.3 is 0 Å². The van der Waals surface area contributed by atoms with Crippen LogP contribution in [0.15, 0.2) is 30.3 Å². The molecule has 1 aromatic rings. The maximum absolute atomic E-state index is 9.68. The van der Waals surface area contributed by atoms with Crippen LogP contribution in [0.1, 0.15) is 25.0 Å². The van der Waals surface area contributed by atoms with Crippen LogP contribution in [0.25, 0.3) is 0 Å². The molecule has 0 saturated heterocycles. The summed E-state index contributed by atoms with van der Waals surface area (Å²) in [6, 6.07) is 8.83. The van der Waals surface area contributed by atoms with Crippen molar-refractivity contribution < 1.29 is 15.3 Å². The fourth-order valence-corrected chi connectivity index (χ4v) is 1.30. The van der Waals surface area contributed by atoms with Crippen LogP contribution in [0.5, 0.6) is 0 Å². The molecule has 3 N–H and O–H groups in total. The van der Waals surface area contributed by atoms with Gasteiger partial charge in [-0.25, -0.2) is 0 Å². The average molecular weight is 196 g/mol. The minimum atomic E-state index is -1.12. The van der Waals surface area contributed by atoms with E-state index < -0.39 is 18.3 Å². The third kappa shape index (κ3) is 2.54. The first kappa shape index (κ1) is 11.2. The quantitative estimate of drug-likeness (QED) is 0.669. The van der Waals surface area contributed by atoms with Crippen molar-refractivity contribution in [1.82, 2.24) is 0 Å². The fourth-order valence-electron chi connectivity index (χ4n) is 1.30. The lowest BCUT2D eigenvalue weighted by atomic mass is 9.99. The standard InChI is InChI=1S/C11H16O3/c1-2-9(12)11(14)10(13)8-6-4-3-5-7-8/h3-7,9-14H,2H2,1H3. The third-order valence-corrected chi connectivity index (χ3v) is 2.28. The van der Waals surface area contributed by atoms with Crippen LogP contribution in [0.3, 0.4) is 0 Å². The van der Waals surface area contributed by atoms with Gasteiger partial charge in [-0.2, -0.15) is 0 Å². The minimum Gasteiger partial charge on any atom is -0.390 e. The first-order valence-corrected chi connectivity index (χ1v) is 4.76. The Balaban J connectivity index is 2.70. The lowest BCUT2D eigenvalue weighted by Crippen LogP contribution is -2.31. The summed E-state index contributed by atoms with van der Waals surface area (Å²) in [5, 5.41) is 28.6. The second-order valence-corrected chi connectivity index (χ2v) is 3.32. The van der Waals surface area contributed by atoms with Crippen molar-refractivity contribution in [2.75, 3.05) is 0 Å². The highest BCUT2D eigenvalue weighted by Crippen LogP contribution is 2.19. The molecule has 3 nitrogen and oxygen atoms in total. The van der Waals surface area contributed by atoms with E-state index in [9.17, 15) is 15.3 Å². The van der Waals surface area contributed by atoms with Crippen molar-refractivity contribution in [3.8, 4) is 0 Å². The Morgan fingerprint density at radius 2 is 1.64 bits per heavy atom. The fraction of sp³-hybridized carbons (Fsp3) is 0.455. The Morgan fingerprint density at radius 1 is 1.07 bits per heavy atom. The van der Waals surface area contributed by atoms with Crippen molar-refractivity contribution in [1.29, 1.82) is 0 Å². The molecule has 0 fully saturated rings. The van der Waals surface area contributed by atoms with Gasteiger partial charge in [-0.05, 0) is 12.0 Å². The van der Waals surface area contributed by atoms with Crippen LogP contribution in [0.4, 0.5) is 0 Å². The number of hydrogen-bond acceptors (Lipinski definition) is 3. The largest absolute Gasteiger partial charge is 0.390 e. The number of aliphatic hydroxyl groups is 3. The van der Waals surface area contributed by atoms with E-state index in [2.05, 4.69) is 0 Å². The van der Waals surface area contributed by atoms with Crippen LogP contribution in [-0.4, -0.2) is 27.5 Å². The van der Waals surface area contributed by atoms with Gasteiger partial charge in [-0.3, -0.25) is 0 Å². The zero-order valence-electron chi connectivity index (χ0n) is 8.17. The monoisotopic (exact) mass is 196 g/mol. The van der Waals surface area contributed by atoms with Gasteiger partial charge in [-0.1, -0.05) is 37.3 Å². The van der Waals surface area contributed by atoms with E-state index >= 15 is 0 Å². The summed E-state index contributed by atoms with van der Waals surface area (Å²) >= 11 is 0. The zero-order valence-corrected chi connectivity index (χ0v) is 8.17. The Morgan fingerprint density at radius 3 is 2.14 bits per heavy atom. The summed E-state index contributed by atoms with van der Waals surface area (Å²) in [6.45, 7) is 1.76. The Kier molecular flexibility index (Phi) is 4.07. The Labute approximate surface area is 83.6 Å². The molecule has 0 bridgehead atoms. The number of hydrogen-bond donors (Lipinski definition) is 3. The summed E-state index contributed by atoms with van der Waals surface area (Å²) in [5.41, 5.74) is 0.618. The highest BCUT2D eigenvalue weighted by atomic mass is 16.4. The number of benzene rings is 1. The van der Waals surface area contributed by atoms with Gasteiger partial charge in [-0.15, -0.1) is 0 Å². The Bertz CT molecular complexity index is 260. The summed E-state index contributed by atoms with van der Waals surface area (Å²) in [4.78, 5) is 0. The van der Waals surface area contributed by atoms with Crippen LogP contribution in [0.2, 0.25) is 0 Å². The average Bonchev–Trinajstić information content (AvgIpc) is 2.27. The molecule has 1 aromatic carbocycles. The third-order valence-electron chi connectivity index (χ3n) is 2.28. The predicted molar refractivity (Wildman–Crippen MR) is 53.7 cm³/mol. The summed E-state index contributed by atoms with van der Waals surface area (Å²) in [7, 11) is 0. The van der Waals surface area contributed by atoms with Crippen molar-refractivity contribution in [3.05, 3.63) is 35.9 Å². The minimum absolute atomic E-state index is 0.422. The van der Waals surface area contributed by atoms with Gasteiger partial charge in [0, 0.05) is 0 Å². The van der Waals surface area contributed by atoms with Crippen molar-refractivity contribution in [3.63, 3.8) is 0 Å². The highest BCUT2D eigenvalue weighted by molar-refractivity contribution is 5.18. The zero-order chi connectivity index (χ0) is 10.6. The summed E-state index contributed by atoms with van der Waals surface area (Å²) in [6.07, 6.45) is -2.61. The molecule has 0 aromatic heterocycles. The molecule has 3 heteroatoms. The molecular formula is C11H16O3. The van der Waals surface area contributed by atoms with Gasteiger partial charge in [0.1, 0.15) is 12.2 Å². The van der Waals surface area contributed by atoms with Crippen molar-refractivity contribution in [2.24, 2.45) is 0 Å². The van der Waals surface area contributed by atoms with Gasteiger partial charge in [0.25, 0.3) is 0 Å². The van der Waals surface area contributed by atoms with E-state index in [4.69, 9.17) is 0 Å². The molecule has 0 saturated carbocycles. The van der Waals surface area contributed by atoms with Crippen molar-refractivity contribution >= 4 is 0 Å². The predicted octanol–water partition coefficient (Wildman–Crippen LogP) is 0.852. The second kappa shape index (κ2) is 5.10. The van der Waals surface area contributed by atoms with Gasteiger partial charge in [0.05, 0.1) is 6.10 Å².